The average Bonchev–Trinajstić information content (AvgIpc) is 3.23. The van der Waals surface area contributed by atoms with Crippen molar-refractivity contribution in [3.63, 3.8) is 0 Å². The third-order valence-electron chi connectivity index (χ3n) is 9.97. The first-order valence-corrected chi connectivity index (χ1v) is 12.4. The monoisotopic (exact) mass is 356 g/mol. The number of rotatable bonds is 1. The highest BCUT2D eigenvalue weighted by atomic mass is 15.3. The van der Waals surface area contributed by atoms with E-state index < -0.39 is 0 Å². The Balaban J connectivity index is 1.24. The van der Waals surface area contributed by atoms with E-state index >= 15 is 0 Å². The van der Waals surface area contributed by atoms with Crippen molar-refractivity contribution in [1.82, 2.24) is 10.2 Å². The van der Waals surface area contributed by atoms with Gasteiger partial charge >= 0.3 is 0 Å². The first kappa shape index (κ1) is 16.8. The molecule has 2 aliphatic heterocycles. The highest BCUT2D eigenvalue weighted by Gasteiger charge is 2.54. The van der Waals surface area contributed by atoms with E-state index in [1.54, 1.807) is 19.3 Å². The van der Waals surface area contributed by atoms with Crippen LogP contribution in [0.2, 0.25) is 0 Å². The molecular formula is C24H40N2. The molecule has 2 heterocycles. The molecule has 6 fully saturated rings. The lowest BCUT2D eigenvalue weighted by Crippen LogP contribution is -2.51. The van der Waals surface area contributed by atoms with E-state index in [0.29, 0.717) is 0 Å². The lowest BCUT2D eigenvalue weighted by Gasteiger charge is -2.45. The smallest absolute Gasteiger partial charge is 0.0133 e. The van der Waals surface area contributed by atoms with E-state index in [4.69, 9.17) is 0 Å². The van der Waals surface area contributed by atoms with Gasteiger partial charge in [0.15, 0.2) is 0 Å². The molecule has 6 aliphatic rings. The summed E-state index contributed by atoms with van der Waals surface area (Å²) in [6.07, 6.45) is 22.8. The maximum Gasteiger partial charge on any atom is 0.0133 e. The predicted molar refractivity (Wildman–Crippen MR) is 107 cm³/mol. The highest BCUT2D eigenvalue weighted by Crippen LogP contribution is 2.53. The van der Waals surface area contributed by atoms with E-state index in [1.807, 2.05) is 0 Å². The molecule has 0 radical (unpaired) electrons. The fourth-order valence-corrected chi connectivity index (χ4v) is 9.09. The Morgan fingerprint density at radius 1 is 0.500 bits per heavy atom. The zero-order chi connectivity index (χ0) is 17.1. The van der Waals surface area contributed by atoms with Gasteiger partial charge in [-0.3, -0.25) is 4.90 Å². The molecule has 26 heavy (non-hydrogen) atoms. The summed E-state index contributed by atoms with van der Waals surface area (Å²) in [7, 11) is 0. The SMILES string of the molecule is C1CCC2C(C1)NC1CCC(N3C4CCCCC4C4CCCCC43)CC12. The fraction of sp³-hybridized carbons (Fsp3) is 1.00. The molecule has 4 saturated carbocycles. The van der Waals surface area contributed by atoms with E-state index in [-0.39, 0.29) is 0 Å². The van der Waals surface area contributed by atoms with Gasteiger partial charge in [-0.05, 0) is 81.5 Å². The summed E-state index contributed by atoms with van der Waals surface area (Å²) in [5, 5.41) is 4.10. The van der Waals surface area contributed by atoms with Crippen molar-refractivity contribution in [2.45, 2.75) is 127 Å². The summed E-state index contributed by atoms with van der Waals surface area (Å²) in [6, 6.07) is 4.68. The minimum Gasteiger partial charge on any atom is -0.311 e. The quantitative estimate of drug-likeness (QED) is 0.701. The van der Waals surface area contributed by atoms with Gasteiger partial charge in [0.05, 0.1) is 0 Å². The van der Waals surface area contributed by atoms with Crippen LogP contribution in [0.25, 0.3) is 0 Å². The number of nitrogens with zero attached hydrogens (tertiary/aromatic N) is 1. The molecule has 2 saturated heterocycles. The molecule has 2 nitrogen and oxygen atoms in total. The summed E-state index contributed by atoms with van der Waals surface area (Å²) in [6.45, 7) is 0. The number of hydrogen-bond donors (Lipinski definition) is 1. The Kier molecular flexibility index (Phi) is 4.38. The van der Waals surface area contributed by atoms with Crippen molar-refractivity contribution in [1.29, 1.82) is 0 Å². The van der Waals surface area contributed by atoms with Crippen LogP contribution in [0.4, 0.5) is 0 Å². The maximum atomic E-state index is 4.10. The molecule has 4 aliphatic carbocycles. The lowest BCUT2D eigenvalue weighted by molar-refractivity contribution is 0.0408. The normalized spacial score (nSPS) is 54.2. The molecule has 2 heteroatoms. The third kappa shape index (κ3) is 2.57. The number of likely N-dealkylation sites (tertiary alicyclic amines) is 1. The zero-order valence-corrected chi connectivity index (χ0v) is 16.7. The number of fused-ring (bicyclic) bond motifs is 6. The van der Waals surface area contributed by atoms with Crippen molar-refractivity contribution in [3.8, 4) is 0 Å². The molecular weight excluding hydrogens is 316 g/mol. The number of hydrogen-bond acceptors (Lipinski definition) is 2. The molecule has 0 amide bonds. The van der Waals surface area contributed by atoms with Gasteiger partial charge in [-0.15, -0.1) is 0 Å². The molecule has 6 rings (SSSR count). The molecule has 0 spiro atoms. The second-order valence-corrected chi connectivity index (χ2v) is 10.9. The first-order valence-electron chi connectivity index (χ1n) is 12.4. The molecule has 0 bridgehead atoms. The molecule has 0 aromatic carbocycles. The van der Waals surface area contributed by atoms with Crippen LogP contribution in [-0.4, -0.2) is 35.1 Å². The zero-order valence-electron chi connectivity index (χ0n) is 16.7. The van der Waals surface area contributed by atoms with Crippen LogP contribution in [0, 0.1) is 23.7 Å². The Labute approximate surface area is 160 Å². The standard InChI is InChI=1S/C24H40N2/c1-4-10-21-17(7-1)20-15-16(13-14-22(20)25-21)26-23-11-5-2-8-18(23)19-9-3-6-12-24(19)26/h16-25H,1-15H2. The molecule has 1 N–H and O–H groups in total. The van der Waals surface area contributed by atoms with Gasteiger partial charge in [-0.1, -0.05) is 38.5 Å². The minimum atomic E-state index is 0.881. The van der Waals surface area contributed by atoms with Crippen LogP contribution in [0.1, 0.15) is 96.3 Å². The van der Waals surface area contributed by atoms with Gasteiger partial charge < -0.3 is 5.32 Å². The Morgan fingerprint density at radius 2 is 1.08 bits per heavy atom. The Morgan fingerprint density at radius 3 is 1.81 bits per heavy atom. The van der Waals surface area contributed by atoms with Crippen LogP contribution in [-0.2, 0) is 0 Å². The fourth-order valence-electron chi connectivity index (χ4n) is 9.09. The van der Waals surface area contributed by atoms with Gasteiger partial charge in [-0.25, -0.2) is 0 Å². The maximum absolute atomic E-state index is 4.10. The second-order valence-electron chi connectivity index (χ2n) is 10.9. The van der Waals surface area contributed by atoms with E-state index in [1.165, 1.54) is 77.0 Å². The van der Waals surface area contributed by atoms with E-state index in [0.717, 1.165) is 53.9 Å². The minimum absolute atomic E-state index is 0.881. The van der Waals surface area contributed by atoms with Gasteiger partial charge in [0, 0.05) is 30.2 Å². The van der Waals surface area contributed by atoms with Crippen molar-refractivity contribution in [3.05, 3.63) is 0 Å². The predicted octanol–water partition coefficient (Wildman–Crippen LogP) is 5.12. The van der Waals surface area contributed by atoms with E-state index in [2.05, 4.69) is 10.2 Å². The van der Waals surface area contributed by atoms with Crippen molar-refractivity contribution in [2.75, 3.05) is 0 Å². The van der Waals surface area contributed by atoms with Crippen molar-refractivity contribution >= 4 is 0 Å². The van der Waals surface area contributed by atoms with Gasteiger partial charge in [-0.2, -0.15) is 0 Å². The summed E-state index contributed by atoms with van der Waals surface area (Å²) in [5.74, 6) is 4.21. The topological polar surface area (TPSA) is 15.3 Å². The van der Waals surface area contributed by atoms with Crippen LogP contribution < -0.4 is 5.32 Å². The molecule has 0 aromatic rings. The van der Waals surface area contributed by atoms with Gasteiger partial charge in [0.25, 0.3) is 0 Å². The second kappa shape index (κ2) is 6.76. The average molecular weight is 357 g/mol. The molecule has 0 aromatic heterocycles. The summed E-state index contributed by atoms with van der Waals surface area (Å²) < 4.78 is 0. The molecule has 146 valence electrons. The van der Waals surface area contributed by atoms with Gasteiger partial charge in [0.2, 0.25) is 0 Å². The van der Waals surface area contributed by atoms with E-state index in [9.17, 15) is 0 Å². The molecule has 9 unspecified atom stereocenters. The van der Waals surface area contributed by atoms with Crippen molar-refractivity contribution < 1.29 is 0 Å². The Bertz CT molecular complexity index is 496. The van der Waals surface area contributed by atoms with Gasteiger partial charge in [0.1, 0.15) is 0 Å². The van der Waals surface area contributed by atoms with Crippen LogP contribution in [0.15, 0.2) is 0 Å². The van der Waals surface area contributed by atoms with Crippen LogP contribution >= 0.6 is 0 Å². The molecule has 9 atom stereocenters. The van der Waals surface area contributed by atoms with Crippen LogP contribution in [0.3, 0.4) is 0 Å². The summed E-state index contributed by atoms with van der Waals surface area (Å²) >= 11 is 0. The largest absolute Gasteiger partial charge is 0.311 e. The number of nitrogens with one attached hydrogen (secondary N) is 1. The Hall–Kier alpha value is -0.0800. The summed E-state index contributed by atoms with van der Waals surface area (Å²) in [4.78, 5) is 3.21. The highest BCUT2D eigenvalue weighted by molar-refractivity contribution is 5.08. The van der Waals surface area contributed by atoms with Crippen LogP contribution in [0.5, 0.6) is 0 Å². The third-order valence-corrected chi connectivity index (χ3v) is 9.97. The lowest BCUT2D eigenvalue weighted by atomic mass is 9.71. The first-order chi connectivity index (χ1) is 12.9. The van der Waals surface area contributed by atoms with Crippen molar-refractivity contribution in [2.24, 2.45) is 23.7 Å². The summed E-state index contributed by atoms with van der Waals surface area (Å²) in [5.41, 5.74) is 0.